The van der Waals surface area contributed by atoms with Crippen molar-refractivity contribution in [3.05, 3.63) is 65.5 Å². The molecular weight excluding hydrogens is 349 g/mol. The molecule has 0 N–H and O–H groups in total. The van der Waals surface area contributed by atoms with Crippen LogP contribution in [0.4, 0.5) is 10.1 Å². The molecule has 0 fully saturated rings. The third-order valence-corrected chi connectivity index (χ3v) is 3.93. The smallest absolute Gasteiger partial charge is 0.305 e. The van der Waals surface area contributed by atoms with Crippen molar-refractivity contribution in [2.45, 2.75) is 19.4 Å². The fourth-order valence-electron chi connectivity index (χ4n) is 2.05. The molecule has 0 saturated heterocycles. The molecule has 22 heavy (non-hydrogen) atoms. The van der Waals surface area contributed by atoms with Crippen LogP contribution in [-0.4, -0.2) is 13.1 Å². The molecule has 0 spiro atoms. The number of benzene rings is 2. The lowest BCUT2D eigenvalue weighted by molar-refractivity contribution is -0.140. The van der Waals surface area contributed by atoms with E-state index in [1.165, 1.54) is 19.2 Å². The van der Waals surface area contributed by atoms with Gasteiger partial charge < -0.3 is 8.66 Å². The number of carbonyl (C=O) groups is 1. The van der Waals surface area contributed by atoms with Crippen LogP contribution in [0.25, 0.3) is 0 Å². The molecule has 2 aromatic rings. The standard InChI is InChI=1S/C17H17BrFNO2/c1-22-17(21)10-7-13-3-2-4-16(11-13)20(18)12-14-5-8-15(19)9-6-14/h2-6,8-9,11H,7,10,12H2,1H3. The highest BCUT2D eigenvalue weighted by Gasteiger charge is 2.07. The van der Waals surface area contributed by atoms with Crippen molar-refractivity contribution >= 4 is 27.8 Å². The van der Waals surface area contributed by atoms with E-state index in [4.69, 9.17) is 0 Å². The molecule has 0 heterocycles. The van der Waals surface area contributed by atoms with Gasteiger partial charge in [0.1, 0.15) is 5.82 Å². The predicted octanol–water partition coefficient (Wildman–Crippen LogP) is 4.25. The lowest BCUT2D eigenvalue weighted by atomic mass is 10.1. The number of ether oxygens (including phenoxy) is 1. The largest absolute Gasteiger partial charge is 0.469 e. The molecule has 0 radical (unpaired) electrons. The van der Waals surface area contributed by atoms with E-state index in [0.29, 0.717) is 19.4 Å². The number of rotatable bonds is 6. The Labute approximate surface area is 138 Å². The lowest BCUT2D eigenvalue weighted by Gasteiger charge is -2.17. The Morgan fingerprint density at radius 1 is 1.18 bits per heavy atom. The Morgan fingerprint density at radius 3 is 2.59 bits per heavy atom. The Hall–Kier alpha value is -1.88. The second-order valence-corrected chi connectivity index (χ2v) is 5.75. The Bertz CT molecular complexity index is 631. The maximum atomic E-state index is 12.9. The summed E-state index contributed by atoms with van der Waals surface area (Å²) in [7, 11) is 1.39. The van der Waals surface area contributed by atoms with Crippen LogP contribution < -0.4 is 3.93 Å². The van der Waals surface area contributed by atoms with Crippen molar-refractivity contribution in [2.24, 2.45) is 0 Å². The minimum Gasteiger partial charge on any atom is -0.469 e. The van der Waals surface area contributed by atoms with E-state index in [1.807, 2.05) is 28.2 Å². The molecule has 0 aliphatic rings. The van der Waals surface area contributed by atoms with Crippen LogP contribution in [0.15, 0.2) is 48.5 Å². The topological polar surface area (TPSA) is 29.5 Å². The maximum Gasteiger partial charge on any atom is 0.305 e. The van der Waals surface area contributed by atoms with Gasteiger partial charge in [0, 0.05) is 28.3 Å². The third kappa shape index (κ3) is 4.84. The minimum absolute atomic E-state index is 0.215. The molecule has 0 amide bonds. The number of nitrogens with zero attached hydrogens (tertiary/aromatic N) is 1. The minimum atomic E-state index is -0.241. The zero-order chi connectivity index (χ0) is 15.9. The van der Waals surface area contributed by atoms with E-state index >= 15 is 0 Å². The summed E-state index contributed by atoms with van der Waals surface area (Å²) in [5.74, 6) is -0.456. The number of aryl methyl sites for hydroxylation is 1. The van der Waals surface area contributed by atoms with E-state index in [1.54, 1.807) is 12.1 Å². The van der Waals surface area contributed by atoms with Gasteiger partial charge in [-0.2, -0.15) is 0 Å². The predicted molar refractivity (Wildman–Crippen MR) is 88.3 cm³/mol. The van der Waals surface area contributed by atoms with Crippen molar-refractivity contribution in [3.63, 3.8) is 0 Å². The molecule has 0 aliphatic carbocycles. The fraction of sp³-hybridized carbons (Fsp3) is 0.235. The molecule has 5 heteroatoms. The van der Waals surface area contributed by atoms with Gasteiger partial charge in [0.25, 0.3) is 0 Å². The summed E-state index contributed by atoms with van der Waals surface area (Å²) in [5.41, 5.74) is 3.04. The van der Waals surface area contributed by atoms with Gasteiger partial charge >= 0.3 is 5.97 Å². The van der Waals surface area contributed by atoms with Crippen LogP contribution in [-0.2, 0) is 22.5 Å². The number of halogens is 2. The van der Waals surface area contributed by atoms with Gasteiger partial charge in [-0.1, -0.05) is 24.3 Å². The van der Waals surface area contributed by atoms with Crippen molar-refractivity contribution in [1.29, 1.82) is 0 Å². The lowest BCUT2D eigenvalue weighted by Crippen LogP contribution is -2.09. The average Bonchev–Trinajstić information content (AvgIpc) is 2.55. The monoisotopic (exact) mass is 365 g/mol. The van der Waals surface area contributed by atoms with E-state index in [9.17, 15) is 9.18 Å². The summed E-state index contributed by atoms with van der Waals surface area (Å²) < 4.78 is 19.5. The third-order valence-electron chi connectivity index (χ3n) is 3.27. The molecule has 0 bridgehead atoms. The highest BCUT2D eigenvalue weighted by molar-refractivity contribution is 9.10. The van der Waals surface area contributed by atoms with Gasteiger partial charge in [0.15, 0.2) is 0 Å². The number of hydrogen-bond donors (Lipinski definition) is 0. The summed E-state index contributed by atoms with van der Waals surface area (Å²) >= 11 is 3.52. The van der Waals surface area contributed by atoms with Gasteiger partial charge in [-0.05, 0) is 41.8 Å². The number of methoxy groups -OCH3 is 1. The first-order valence-electron chi connectivity index (χ1n) is 6.92. The molecule has 0 aromatic heterocycles. The molecule has 0 aliphatic heterocycles. The average molecular weight is 366 g/mol. The molecule has 0 saturated carbocycles. The molecule has 2 rings (SSSR count). The molecule has 116 valence electrons. The highest BCUT2D eigenvalue weighted by Crippen LogP contribution is 2.23. The Balaban J connectivity index is 2.01. The van der Waals surface area contributed by atoms with E-state index in [0.717, 1.165) is 16.8 Å². The zero-order valence-electron chi connectivity index (χ0n) is 12.3. The second kappa shape index (κ2) is 7.94. The van der Waals surface area contributed by atoms with Gasteiger partial charge in [0.05, 0.1) is 13.7 Å². The number of anilines is 1. The van der Waals surface area contributed by atoms with Crippen molar-refractivity contribution < 1.29 is 13.9 Å². The number of esters is 1. The molecule has 0 atom stereocenters. The summed E-state index contributed by atoms with van der Waals surface area (Å²) in [6.07, 6.45) is 0.998. The van der Waals surface area contributed by atoms with Crippen molar-refractivity contribution in [3.8, 4) is 0 Å². The SMILES string of the molecule is COC(=O)CCc1cccc(N(Br)Cc2ccc(F)cc2)c1. The quantitative estimate of drug-likeness (QED) is 0.566. The van der Waals surface area contributed by atoms with E-state index < -0.39 is 0 Å². The fourth-order valence-corrected chi connectivity index (χ4v) is 2.56. The molecular formula is C17H17BrFNO2. The first-order chi connectivity index (χ1) is 10.6. The molecule has 3 nitrogen and oxygen atoms in total. The summed E-state index contributed by atoms with van der Waals surface area (Å²) in [4.78, 5) is 11.2. The summed E-state index contributed by atoms with van der Waals surface area (Å²) in [6.45, 7) is 0.612. The number of hydrogen-bond acceptors (Lipinski definition) is 3. The summed E-state index contributed by atoms with van der Waals surface area (Å²) in [5, 5.41) is 0. The zero-order valence-corrected chi connectivity index (χ0v) is 13.8. The molecule has 2 aromatic carbocycles. The van der Waals surface area contributed by atoms with Crippen LogP contribution in [0.2, 0.25) is 0 Å². The maximum absolute atomic E-state index is 12.9. The second-order valence-electron chi connectivity index (χ2n) is 4.89. The van der Waals surface area contributed by atoms with Crippen molar-refractivity contribution in [1.82, 2.24) is 0 Å². The van der Waals surface area contributed by atoms with Crippen molar-refractivity contribution in [2.75, 3.05) is 11.0 Å². The first kappa shape index (κ1) is 16.5. The van der Waals surface area contributed by atoms with Crippen LogP contribution >= 0.6 is 16.1 Å². The van der Waals surface area contributed by atoms with Gasteiger partial charge in [-0.15, -0.1) is 0 Å². The Morgan fingerprint density at radius 2 is 1.91 bits per heavy atom. The van der Waals surface area contributed by atoms with Gasteiger partial charge in [0.2, 0.25) is 0 Å². The van der Waals surface area contributed by atoms with Gasteiger partial charge in [-0.25, -0.2) is 4.39 Å². The first-order valence-corrected chi connectivity index (χ1v) is 7.63. The normalized spacial score (nSPS) is 10.3. The summed E-state index contributed by atoms with van der Waals surface area (Å²) in [6, 6.07) is 14.3. The van der Waals surface area contributed by atoms with Crippen LogP contribution in [0.3, 0.4) is 0 Å². The highest BCUT2D eigenvalue weighted by atomic mass is 79.9. The Kier molecular flexibility index (Phi) is 5.95. The van der Waals surface area contributed by atoms with E-state index in [2.05, 4.69) is 20.9 Å². The van der Waals surface area contributed by atoms with Crippen LogP contribution in [0.5, 0.6) is 0 Å². The van der Waals surface area contributed by atoms with Crippen LogP contribution in [0, 0.1) is 5.82 Å². The van der Waals surface area contributed by atoms with Gasteiger partial charge in [-0.3, -0.25) is 4.79 Å². The number of carbonyl (C=O) groups excluding carboxylic acids is 1. The van der Waals surface area contributed by atoms with E-state index in [-0.39, 0.29) is 11.8 Å². The molecule has 0 unspecified atom stereocenters. The van der Waals surface area contributed by atoms with Crippen LogP contribution in [0.1, 0.15) is 17.5 Å².